The fourth-order valence-corrected chi connectivity index (χ4v) is 2.30. The molecule has 18 heavy (non-hydrogen) atoms. The van der Waals surface area contributed by atoms with Crippen molar-refractivity contribution < 1.29 is 18.7 Å². The van der Waals surface area contributed by atoms with Crippen LogP contribution in [0.4, 0.5) is 0 Å². The van der Waals surface area contributed by atoms with Gasteiger partial charge in [-0.1, -0.05) is 30.3 Å². The molecule has 1 N–H and O–H groups in total. The van der Waals surface area contributed by atoms with E-state index in [2.05, 4.69) is 0 Å². The third-order valence-corrected chi connectivity index (χ3v) is 3.42. The maximum atomic E-state index is 9.95. The molecule has 5 heteroatoms. The van der Waals surface area contributed by atoms with E-state index in [0.29, 0.717) is 5.56 Å². The molecule has 102 valence electrons. The van der Waals surface area contributed by atoms with Crippen LogP contribution in [0, 0.1) is 0 Å². The molecule has 0 aliphatic heterocycles. The second-order valence-corrected chi connectivity index (χ2v) is 5.48. The average molecular weight is 272 g/mol. The fourth-order valence-electron chi connectivity index (χ4n) is 1.18. The third-order valence-electron chi connectivity index (χ3n) is 1.86. The average Bonchev–Trinajstić information content (AvgIpc) is 2.28. The molecular weight excluding hydrogens is 251 g/mol. The van der Waals surface area contributed by atoms with Gasteiger partial charge in [-0.05, 0) is 27.7 Å². The van der Waals surface area contributed by atoms with Crippen LogP contribution in [0.2, 0.25) is 0 Å². The number of benzene rings is 1. The van der Waals surface area contributed by atoms with Crippen molar-refractivity contribution in [1.29, 1.82) is 0 Å². The van der Waals surface area contributed by atoms with Gasteiger partial charge >= 0.3 is 8.60 Å². The van der Waals surface area contributed by atoms with Gasteiger partial charge in [0.05, 0.1) is 12.2 Å². The molecule has 0 amide bonds. The van der Waals surface area contributed by atoms with E-state index in [4.69, 9.17) is 13.6 Å². The van der Waals surface area contributed by atoms with E-state index >= 15 is 0 Å². The molecule has 1 atom stereocenters. The van der Waals surface area contributed by atoms with Crippen molar-refractivity contribution in [2.24, 2.45) is 0 Å². The van der Waals surface area contributed by atoms with Crippen molar-refractivity contribution >= 4 is 8.60 Å². The Morgan fingerprint density at radius 1 is 0.889 bits per heavy atom. The summed E-state index contributed by atoms with van der Waals surface area (Å²) >= 11 is 0. The summed E-state index contributed by atoms with van der Waals surface area (Å²) in [5.41, 5.74) is 0.685. The number of rotatable bonds is 7. The molecule has 1 rings (SSSR count). The molecule has 0 aliphatic carbocycles. The van der Waals surface area contributed by atoms with Crippen LogP contribution in [0.5, 0.6) is 0 Å². The van der Waals surface area contributed by atoms with Crippen molar-refractivity contribution in [1.82, 2.24) is 0 Å². The highest BCUT2D eigenvalue weighted by Crippen LogP contribution is 2.46. The van der Waals surface area contributed by atoms with Gasteiger partial charge in [0.1, 0.15) is 0 Å². The molecular formula is C13H21O4P. The van der Waals surface area contributed by atoms with Gasteiger partial charge in [-0.3, -0.25) is 4.52 Å². The fraction of sp³-hybridized carbons (Fsp3) is 0.538. The SMILES string of the molecule is CC(C)OP(OC(C)C)OC(O)c1ccccc1. The topological polar surface area (TPSA) is 47.9 Å². The van der Waals surface area contributed by atoms with E-state index < -0.39 is 14.9 Å². The standard InChI is InChI=1S/C13H21O4P/c1-10(2)15-18(16-11(3)4)17-13(14)12-8-6-5-7-9-12/h5-11,13-14H,1-4H3. The van der Waals surface area contributed by atoms with Crippen LogP contribution in [0.1, 0.15) is 39.5 Å². The van der Waals surface area contributed by atoms with Gasteiger partial charge in [0.2, 0.25) is 0 Å². The summed E-state index contributed by atoms with van der Waals surface area (Å²) < 4.78 is 16.5. The molecule has 0 fully saturated rings. The summed E-state index contributed by atoms with van der Waals surface area (Å²) in [7, 11) is -1.55. The van der Waals surface area contributed by atoms with Crippen LogP contribution in [-0.4, -0.2) is 17.3 Å². The van der Waals surface area contributed by atoms with E-state index in [1.165, 1.54) is 0 Å². The van der Waals surface area contributed by atoms with E-state index in [-0.39, 0.29) is 12.2 Å². The Morgan fingerprint density at radius 2 is 1.39 bits per heavy atom. The monoisotopic (exact) mass is 272 g/mol. The lowest BCUT2D eigenvalue weighted by molar-refractivity contribution is -0.0431. The van der Waals surface area contributed by atoms with Crippen LogP contribution >= 0.6 is 8.60 Å². The van der Waals surface area contributed by atoms with Crippen molar-refractivity contribution in [3.05, 3.63) is 35.9 Å². The second-order valence-electron chi connectivity index (χ2n) is 4.40. The van der Waals surface area contributed by atoms with Gasteiger partial charge < -0.3 is 14.2 Å². The number of hydrogen-bond donors (Lipinski definition) is 1. The quantitative estimate of drug-likeness (QED) is 0.606. The van der Waals surface area contributed by atoms with E-state index in [1.807, 2.05) is 45.9 Å². The zero-order chi connectivity index (χ0) is 13.5. The third kappa shape index (κ3) is 5.89. The predicted molar refractivity (Wildman–Crippen MR) is 71.8 cm³/mol. The van der Waals surface area contributed by atoms with E-state index in [9.17, 15) is 5.11 Å². The number of aliphatic hydroxyl groups is 1. The molecule has 0 saturated heterocycles. The highest BCUT2D eigenvalue weighted by molar-refractivity contribution is 7.41. The minimum Gasteiger partial charge on any atom is -0.364 e. The molecule has 4 nitrogen and oxygen atoms in total. The molecule has 0 aromatic heterocycles. The maximum Gasteiger partial charge on any atom is 0.335 e. The van der Waals surface area contributed by atoms with Crippen molar-refractivity contribution in [2.75, 3.05) is 0 Å². The number of hydrogen-bond acceptors (Lipinski definition) is 4. The maximum absolute atomic E-state index is 9.95. The van der Waals surface area contributed by atoms with Gasteiger partial charge in [0.15, 0.2) is 6.29 Å². The zero-order valence-corrected chi connectivity index (χ0v) is 12.1. The van der Waals surface area contributed by atoms with Crippen molar-refractivity contribution in [3.63, 3.8) is 0 Å². The molecule has 0 bridgehead atoms. The van der Waals surface area contributed by atoms with E-state index in [1.54, 1.807) is 12.1 Å². The molecule has 0 aliphatic rings. The summed E-state index contributed by atoms with van der Waals surface area (Å²) in [6.07, 6.45) is -1.06. The summed E-state index contributed by atoms with van der Waals surface area (Å²) in [6, 6.07) is 9.16. The Labute approximate surface area is 110 Å². The molecule has 0 heterocycles. The molecule has 0 saturated carbocycles. The highest BCUT2D eigenvalue weighted by Gasteiger charge is 2.21. The molecule has 0 spiro atoms. The van der Waals surface area contributed by atoms with Gasteiger partial charge in [0.25, 0.3) is 0 Å². The first-order valence-electron chi connectivity index (χ1n) is 6.02. The normalized spacial score (nSPS) is 13.6. The van der Waals surface area contributed by atoms with Crippen LogP contribution in [0.15, 0.2) is 30.3 Å². The Balaban J connectivity index is 2.59. The largest absolute Gasteiger partial charge is 0.364 e. The summed E-state index contributed by atoms with van der Waals surface area (Å²) in [5, 5.41) is 9.95. The van der Waals surface area contributed by atoms with Crippen LogP contribution in [-0.2, 0) is 13.6 Å². The highest BCUT2D eigenvalue weighted by atomic mass is 31.2. The number of aliphatic hydroxyl groups excluding tert-OH is 1. The first kappa shape index (κ1) is 15.5. The Hall–Kier alpha value is -0.510. The first-order chi connectivity index (χ1) is 8.49. The van der Waals surface area contributed by atoms with Crippen LogP contribution in [0.3, 0.4) is 0 Å². The van der Waals surface area contributed by atoms with Gasteiger partial charge in [-0.15, -0.1) is 0 Å². The first-order valence-corrected chi connectivity index (χ1v) is 7.12. The van der Waals surface area contributed by atoms with Crippen LogP contribution < -0.4 is 0 Å². The summed E-state index contributed by atoms with van der Waals surface area (Å²) in [4.78, 5) is 0. The molecule has 1 unspecified atom stereocenters. The molecule has 0 radical (unpaired) electrons. The zero-order valence-electron chi connectivity index (χ0n) is 11.2. The minimum absolute atomic E-state index is 0.0159. The second kappa shape index (κ2) is 7.82. The predicted octanol–water partition coefficient (Wildman–Crippen LogP) is 3.77. The lowest BCUT2D eigenvalue weighted by Crippen LogP contribution is -2.09. The smallest absolute Gasteiger partial charge is 0.335 e. The van der Waals surface area contributed by atoms with Gasteiger partial charge in [-0.2, -0.15) is 0 Å². The van der Waals surface area contributed by atoms with Crippen LogP contribution in [0.25, 0.3) is 0 Å². The molecule has 1 aromatic rings. The Morgan fingerprint density at radius 3 is 1.83 bits per heavy atom. The lowest BCUT2D eigenvalue weighted by Gasteiger charge is -2.23. The lowest BCUT2D eigenvalue weighted by atomic mass is 10.2. The van der Waals surface area contributed by atoms with Crippen molar-refractivity contribution in [2.45, 2.75) is 46.2 Å². The minimum atomic E-state index is -1.55. The summed E-state index contributed by atoms with van der Waals surface area (Å²) in [6.45, 7) is 7.60. The van der Waals surface area contributed by atoms with Gasteiger partial charge in [0, 0.05) is 5.56 Å². The molecule has 1 aromatic carbocycles. The Kier molecular flexibility index (Phi) is 6.76. The van der Waals surface area contributed by atoms with Gasteiger partial charge in [-0.25, -0.2) is 0 Å². The van der Waals surface area contributed by atoms with E-state index in [0.717, 1.165) is 0 Å². The Bertz CT molecular complexity index is 319. The van der Waals surface area contributed by atoms with Crippen molar-refractivity contribution in [3.8, 4) is 0 Å². The summed E-state index contributed by atoms with van der Waals surface area (Å²) in [5.74, 6) is 0.